The van der Waals surface area contributed by atoms with Gasteiger partial charge in [-0.3, -0.25) is 4.79 Å². The molecule has 0 aliphatic carbocycles. The van der Waals surface area contributed by atoms with Crippen LogP contribution in [0, 0.1) is 0 Å². The molecule has 0 saturated carbocycles. The van der Waals surface area contributed by atoms with Crippen molar-refractivity contribution in [3.05, 3.63) is 30.1 Å². The van der Waals surface area contributed by atoms with Crippen molar-refractivity contribution in [1.29, 1.82) is 0 Å². The van der Waals surface area contributed by atoms with Gasteiger partial charge in [-0.15, -0.1) is 11.8 Å². The number of amides is 1. The molecule has 1 amide bonds. The van der Waals surface area contributed by atoms with Gasteiger partial charge in [-0.1, -0.05) is 12.1 Å². The molecule has 1 unspecified atom stereocenters. The summed E-state index contributed by atoms with van der Waals surface area (Å²) in [6.45, 7) is 6.77. The van der Waals surface area contributed by atoms with E-state index in [2.05, 4.69) is 29.1 Å². The summed E-state index contributed by atoms with van der Waals surface area (Å²) in [5.41, 5.74) is 2.03. The highest BCUT2D eigenvalue weighted by Gasteiger charge is 2.23. The Balaban J connectivity index is 1.59. The molecule has 2 aromatic rings. The number of aromatic amines is 1. The van der Waals surface area contributed by atoms with E-state index in [0.717, 1.165) is 36.5 Å². The first-order chi connectivity index (χ1) is 10.6. The quantitative estimate of drug-likeness (QED) is 0.907. The van der Waals surface area contributed by atoms with Crippen LogP contribution < -0.4 is 5.32 Å². The molecule has 22 heavy (non-hydrogen) atoms. The Morgan fingerprint density at radius 3 is 3.09 bits per heavy atom. The normalized spacial score (nSPS) is 20.3. The van der Waals surface area contributed by atoms with Crippen molar-refractivity contribution in [2.45, 2.75) is 25.1 Å². The molecule has 1 aromatic heterocycles. The average molecular weight is 318 g/mol. The molecule has 1 aromatic carbocycles. The second kappa shape index (κ2) is 6.71. The lowest BCUT2D eigenvalue weighted by molar-refractivity contribution is -0.131. The molecule has 118 valence electrons. The van der Waals surface area contributed by atoms with Gasteiger partial charge >= 0.3 is 0 Å². The van der Waals surface area contributed by atoms with E-state index in [9.17, 15) is 4.79 Å². The number of piperazine rings is 1. The van der Waals surface area contributed by atoms with Crippen LogP contribution in [0.15, 0.2) is 24.3 Å². The molecule has 1 saturated heterocycles. The number of nitrogens with one attached hydrogen (secondary N) is 2. The number of nitrogens with zero attached hydrogens (tertiary/aromatic N) is 2. The van der Waals surface area contributed by atoms with E-state index in [-0.39, 0.29) is 17.2 Å². The molecule has 1 aliphatic rings. The summed E-state index contributed by atoms with van der Waals surface area (Å²) in [6.07, 6.45) is 0. The number of thioether (sulfide) groups is 1. The molecule has 5 nitrogen and oxygen atoms in total. The number of imidazole rings is 1. The summed E-state index contributed by atoms with van der Waals surface area (Å²) in [4.78, 5) is 22.3. The van der Waals surface area contributed by atoms with Crippen LogP contribution in [0.4, 0.5) is 0 Å². The summed E-state index contributed by atoms with van der Waals surface area (Å²) in [6, 6.07) is 8.29. The van der Waals surface area contributed by atoms with Gasteiger partial charge in [-0.05, 0) is 26.0 Å². The number of carbonyl (C=O) groups excluding carboxylic acids is 1. The third kappa shape index (κ3) is 3.28. The van der Waals surface area contributed by atoms with Gasteiger partial charge in [0.05, 0.1) is 22.0 Å². The van der Waals surface area contributed by atoms with E-state index < -0.39 is 0 Å². The minimum atomic E-state index is 0.176. The van der Waals surface area contributed by atoms with Crippen LogP contribution in [0.2, 0.25) is 0 Å². The van der Waals surface area contributed by atoms with E-state index in [1.807, 2.05) is 29.2 Å². The molecule has 3 rings (SSSR count). The van der Waals surface area contributed by atoms with Crippen molar-refractivity contribution in [3.63, 3.8) is 0 Å². The van der Waals surface area contributed by atoms with E-state index in [4.69, 9.17) is 0 Å². The number of H-pyrrole nitrogens is 1. The third-order valence-electron chi connectivity index (χ3n) is 4.07. The van der Waals surface area contributed by atoms with Crippen molar-refractivity contribution in [2.24, 2.45) is 0 Å². The highest BCUT2D eigenvalue weighted by atomic mass is 32.2. The van der Waals surface area contributed by atoms with Crippen LogP contribution in [-0.2, 0) is 4.79 Å². The predicted molar refractivity (Wildman–Crippen MR) is 91.0 cm³/mol. The Hall–Kier alpha value is -1.53. The lowest BCUT2D eigenvalue weighted by Gasteiger charge is -2.34. The number of hydrogen-bond donors (Lipinski definition) is 2. The topological polar surface area (TPSA) is 61.0 Å². The van der Waals surface area contributed by atoms with Crippen molar-refractivity contribution in [1.82, 2.24) is 20.2 Å². The molecule has 1 fully saturated rings. The maximum absolute atomic E-state index is 12.4. The smallest absolute Gasteiger partial charge is 0.232 e. The van der Waals surface area contributed by atoms with E-state index >= 15 is 0 Å². The molecule has 0 bridgehead atoms. The average Bonchev–Trinajstić information content (AvgIpc) is 2.97. The van der Waals surface area contributed by atoms with Crippen LogP contribution in [0.1, 0.15) is 24.9 Å². The number of benzene rings is 1. The molecule has 1 aliphatic heterocycles. The largest absolute Gasteiger partial charge is 0.341 e. The van der Waals surface area contributed by atoms with Gasteiger partial charge in [0.1, 0.15) is 5.82 Å². The van der Waals surface area contributed by atoms with Crippen molar-refractivity contribution >= 4 is 28.7 Å². The fourth-order valence-electron chi connectivity index (χ4n) is 2.73. The molecular formula is C16H22N4OS. The number of rotatable bonds is 4. The van der Waals surface area contributed by atoms with Gasteiger partial charge in [0.2, 0.25) is 5.91 Å². The summed E-state index contributed by atoms with van der Waals surface area (Å²) < 4.78 is 0. The summed E-state index contributed by atoms with van der Waals surface area (Å²) in [7, 11) is 0. The lowest BCUT2D eigenvalue weighted by Crippen LogP contribution is -2.52. The first-order valence-electron chi connectivity index (χ1n) is 7.71. The maximum atomic E-state index is 12.4. The van der Waals surface area contributed by atoms with Crippen LogP contribution in [-0.4, -0.2) is 52.2 Å². The van der Waals surface area contributed by atoms with Gasteiger partial charge in [0, 0.05) is 25.7 Å². The van der Waals surface area contributed by atoms with Gasteiger partial charge < -0.3 is 15.2 Å². The summed E-state index contributed by atoms with van der Waals surface area (Å²) in [5.74, 6) is 1.66. The van der Waals surface area contributed by atoms with Crippen LogP contribution in [0.5, 0.6) is 0 Å². The highest BCUT2D eigenvalue weighted by Crippen LogP contribution is 2.28. The molecule has 6 heteroatoms. The lowest BCUT2D eigenvalue weighted by atomic mass is 10.2. The summed E-state index contributed by atoms with van der Waals surface area (Å²) >= 11 is 1.64. The second-order valence-corrected chi connectivity index (χ2v) is 7.06. The molecule has 2 atom stereocenters. The monoisotopic (exact) mass is 318 g/mol. The summed E-state index contributed by atoms with van der Waals surface area (Å²) in [5, 5.41) is 3.48. The van der Waals surface area contributed by atoms with Crippen molar-refractivity contribution in [2.75, 3.05) is 25.4 Å². The molecular weight excluding hydrogens is 296 g/mol. The first kappa shape index (κ1) is 15.4. The second-order valence-electron chi connectivity index (χ2n) is 5.73. The van der Waals surface area contributed by atoms with E-state index in [1.54, 1.807) is 11.8 Å². The van der Waals surface area contributed by atoms with Gasteiger partial charge in [0.25, 0.3) is 0 Å². The SMILES string of the molecule is CC(SCC(=O)N1CCNC[C@H]1C)c1nc2ccccc2[nH]1. The minimum Gasteiger partial charge on any atom is -0.341 e. The van der Waals surface area contributed by atoms with Gasteiger partial charge in [-0.25, -0.2) is 4.98 Å². The Bertz CT molecular complexity index is 623. The van der Waals surface area contributed by atoms with Crippen molar-refractivity contribution < 1.29 is 4.79 Å². The van der Waals surface area contributed by atoms with Gasteiger partial charge in [-0.2, -0.15) is 0 Å². The molecule has 0 radical (unpaired) electrons. The highest BCUT2D eigenvalue weighted by molar-refractivity contribution is 8.00. The Kier molecular flexibility index (Phi) is 4.69. The number of carbonyl (C=O) groups is 1. The number of aromatic nitrogens is 2. The van der Waals surface area contributed by atoms with Crippen LogP contribution in [0.25, 0.3) is 11.0 Å². The van der Waals surface area contributed by atoms with E-state index in [0.29, 0.717) is 5.75 Å². The molecule has 2 heterocycles. The minimum absolute atomic E-state index is 0.176. The fourth-order valence-corrected chi connectivity index (χ4v) is 3.56. The zero-order chi connectivity index (χ0) is 15.5. The number of fused-ring (bicyclic) bond motifs is 1. The zero-order valence-corrected chi connectivity index (χ0v) is 13.8. The third-order valence-corrected chi connectivity index (χ3v) is 5.21. The fraction of sp³-hybridized carbons (Fsp3) is 0.500. The Morgan fingerprint density at radius 2 is 2.32 bits per heavy atom. The standard InChI is InChI=1S/C16H22N4OS/c1-11-9-17-7-8-20(11)15(21)10-22-12(2)16-18-13-5-3-4-6-14(13)19-16/h3-6,11-12,17H,7-10H2,1-2H3,(H,18,19)/t11-,12?/m1/s1. The maximum Gasteiger partial charge on any atom is 0.232 e. The number of hydrogen-bond acceptors (Lipinski definition) is 4. The molecule has 0 spiro atoms. The van der Waals surface area contributed by atoms with Crippen LogP contribution >= 0.6 is 11.8 Å². The predicted octanol–water partition coefficient (Wildman–Crippen LogP) is 2.18. The first-order valence-corrected chi connectivity index (χ1v) is 8.76. The zero-order valence-electron chi connectivity index (χ0n) is 13.0. The van der Waals surface area contributed by atoms with Crippen molar-refractivity contribution in [3.8, 4) is 0 Å². The van der Waals surface area contributed by atoms with Gasteiger partial charge in [0.15, 0.2) is 0 Å². The molecule has 2 N–H and O–H groups in total. The van der Waals surface area contributed by atoms with E-state index in [1.165, 1.54) is 0 Å². The van der Waals surface area contributed by atoms with Crippen LogP contribution in [0.3, 0.4) is 0 Å². The Labute approximate surface area is 134 Å². The number of para-hydroxylation sites is 2. The Morgan fingerprint density at radius 1 is 1.50 bits per heavy atom.